The van der Waals surface area contributed by atoms with E-state index in [0.29, 0.717) is 5.54 Å². The summed E-state index contributed by atoms with van der Waals surface area (Å²) in [5.41, 5.74) is 3.29. The van der Waals surface area contributed by atoms with E-state index < -0.39 is 0 Å². The standard InChI is InChI=1S/C15H25N3O/c1-12-8-14(13(10-19)9-16-12)18(4)11-15(17(2)3)6-5-7-15/h8-9,19H,5-7,10-11H2,1-4H3. The van der Waals surface area contributed by atoms with Crippen LogP contribution in [0.1, 0.15) is 30.5 Å². The van der Waals surface area contributed by atoms with Crippen LogP contribution < -0.4 is 4.90 Å². The predicted octanol–water partition coefficient (Wildman–Crippen LogP) is 1.80. The van der Waals surface area contributed by atoms with Gasteiger partial charge in [0.15, 0.2) is 0 Å². The number of aryl methyl sites for hydroxylation is 1. The van der Waals surface area contributed by atoms with Gasteiger partial charge in [0.1, 0.15) is 0 Å². The Kier molecular flexibility index (Phi) is 4.11. The second-order valence-electron chi connectivity index (χ2n) is 5.94. The van der Waals surface area contributed by atoms with Crippen molar-refractivity contribution in [1.29, 1.82) is 0 Å². The quantitative estimate of drug-likeness (QED) is 0.879. The first-order valence-electron chi connectivity index (χ1n) is 6.93. The van der Waals surface area contributed by atoms with E-state index in [9.17, 15) is 5.11 Å². The average Bonchev–Trinajstić information content (AvgIpc) is 2.33. The minimum atomic E-state index is 0.0436. The first-order valence-corrected chi connectivity index (χ1v) is 6.93. The maximum absolute atomic E-state index is 9.46. The second kappa shape index (κ2) is 5.47. The third kappa shape index (κ3) is 2.74. The molecule has 4 nitrogen and oxygen atoms in total. The lowest BCUT2D eigenvalue weighted by molar-refractivity contribution is 0.0682. The number of aromatic nitrogens is 1. The molecule has 1 N–H and O–H groups in total. The fraction of sp³-hybridized carbons (Fsp3) is 0.667. The van der Waals surface area contributed by atoms with Gasteiger partial charge in [0.05, 0.1) is 6.61 Å². The van der Waals surface area contributed by atoms with Crippen LogP contribution in [0.25, 0.3) is 0 Å². The molecule has 1 fully saturated rings. The Balaban J connectivity index is 2.19. The number of likely N-dealkylation sites (N-methyl/N-ethyl adjacent to an activating group) is 2. The van der Waals surface area contributed by atoms with Crippen LogP contribution in [0, 0.1) is 6.92 Å². The van der Waals surface area contributed by atoms with Gasteiger partial charge in [-0.3, -0.25) is 4.98 Å². The molecule has 0 amide bonds. The van der Waals surface area contributed by atoms with Gasteiger partial charge in [-0.05, 0) is 46.3 Å². The van der Waals surface area contributed by atoms with E-state index in [-0.39, 0.29) is 6.61 Å². The highest BCUT2D eigenvalue weighted by molar-refractivity contribution is 5.53. The van der Waals surface area contributed by atoms with Gasteiger partial charge < -0.3 is 14.9 Å². The maximum Gasteiger partial charge on any atom is 0.0717 e. The average molecular weight is 263 g/mol. The summed E-state index contributed by atoms with van der Waals surface area (Å²) >= 11 is 0. The summed E-state index contributed by atoms with van der Waals surface area (Å²) in [6.45, 7) is 3.03. The van der Waals surface area contributed by atoms with Crippen molar-refractivity contribution in [2.24, 2.45) is 0 Å². The molecule has 0 spiro atoms. The van der Waals surface area contributed by atoms with Gasteiger partial charge in [-0.2, -0.15) is 0 Å². The Morgan fingerprint density at radius 2 is 2.00 bits per heavy atom. The number of rotatable bonds is 5. The van der Waals surface area contributed by atoms with Crippen molar-refractivity contribution in [3.05, 3.63) is 23.5 Å². The van der Waals surface area contributed by atoms with E-state index in [1.54, 1.807) is 6.20 Å². The van der Waals surface area contributed by atoms with Crippen LogP contribution in [0.3, 0.4) is 0 Å². The van der Waals surface area contributed by atoms with Crippen molar-refractivity contribution >= 4 is 5.69 Å². The van der Waals surface area contributed by atoms with E-state index in [0.717, 1.165) is 23.5 Å². The van der Waals surface area contributed by atoms with Crippen LogP contribution in [0.15, 0.2) is 12.3 Å². The van der Waals surface area contributed by atoms with Crippen molar-refractivity contribution in [2.45, 2.75) is 38.3 Å². The number of aliphatic hydroxyl groups is 1. The van der Waals surface area contributed by atoms with Crippen LogP contribution in [0.2, 0.25) is 0 Å². The fourth-order valence-corrected chi connectivity index (χ4v) is 2.91. The highest BCUT2D eigenvalue weighted by atomic mass is 16.3. The van der Waals surface area contributed by atoms with Gasteiger partial charge in [-0.25, -0.2) is 0 Å². The molecule has 0 radical (unpaired) electrons. The SMILES string of the molecule is Cc1cc(N(C)CC2(N(C)C)CCC2)c(CO)cn1. The van der Waals surface area contributed by atoms with Gasteiger partial charge in [0.2, 0.25) is 0 Å². The smallest absolute Gasteiger partial charge is 0.0717 e. The van der Waals surface area contributed by atoms with Gasteiger partial charge in [0, 0.05) is 42.3 Å². The highest BCUT2D eigenvalue weighted by Crippen LogP contribution is 2.37. The Bertz CT molecular complexity index is 441. The third-order valence-electron chi connectivity index (χ3n) is 4.44. The fourth-order valence-electron chi connectivity index (χ4n) is 2.91. The molecule has 1 heterocycles. The Morgan fingerprint density at radius 3 is 2.47 bits per heavy atom. The van der Waals surface area contributed by atoms with Crippen molar-refractivity contribution in [3.8, 4) is 0 Å². The minimum absolute atomic E-state index is 0.0436. The lowest BCUT2D eigenvalue weighted by atomic mass is 9.75. The zero-order valence-electron chi connectivity index (χ0n) is 12.5. The van der Waals surface area contributed by atoms with Gasteiger partial charge in [-0.15, -0.1) is 0 Å². The zero-order valence-corrected chi connectivity index (χ0v) is 12.5. The highest BCUT2D eigenvalue weighted by Gasteiger charge is 2.40. The van der Waals surface area contributed by atoms with Gasteiger partial charge in [-0.1, -0.05) is 0 Å². The van der Waals surface area contributed by atoms with Crippen LogP contribution in [-0.4, -0.2) is 48.2 Å². The first kappa shape index (κ1) is 14.3. The summed E-state index contributed by atoms with van der Waals surface area (Å²) in [6.07, 6.45) is 5.60. The van der Waals surface area contributed by atoms with E-state index in [1.807, 2.05) is 6.92 Å². The predicted molar refractivity (Wildman–Crippen MR) is 78.4 cm³/mol. The number of hydrogen-bond donors (Lipinski definition) is 1. The second-order valence-corrected chi connectivity index (χ2v) is 5.94. The summed E-state index contributed by atoms with van der Waals surface area (Å²) < 4.78 is 0. The van der Waals surface area contributed by atoms with Crippen LogP contribution in [-0.2, 0) is 6.61 Å². The topological polar surface area (TPSA) is 39.6 Å². The summed E-state index contributed by atoms with van der Waals surface area (Å²) in [5, 5.41) is 9.46. The first-order chi connectivity index (χ1) is 8.98. The molecule has 1 aliphatic rings. The van der Waals surface area contributed by atoms with Crippen molar-refractivity contribution in [1.82, 2.24) is 9.88 Å². The number of hydrogen-bond acceptors (Lipinski definition) is 4. The minimum Gasteiger partial charge on any atom is -0.392 e. The molecule has 1 aliphatic carbocycles. The summed E-state index contributed by atoms with van der Waals surface area (Å²) in [5.74, 6) is 0. The summed E-state index contributed by atoms with van der Waals surface area (Å²) in [4.78, 5) is 8.87. The molecule has 0 aliphatic heterocycles. The monoisotopic (exact) mass is 263 g/mol. The zero-order chi connectivity index (χ0) is 14.0. The molecule has 0 atom stereocenters. The molecule has 106 valence electrons. The molecule has 1 aromatic heterocycles. The van der Waals surface area contributed by atoms with E-state index in [4.69, 9.17) is 0 Å². The number of pyridine rings is 1. The molecule has 19 heavy (non-hydrogen) atoms. The normalized spacial score (nSPS) is 17.4. The molecule has 0 aromatic carbocycles. The Morgan fingerprint density at radius 1 is 1.32 bits per heavy atom. The summed E-state index contributed by atoms with van der Waals surface area (Å²) in [7, 11) is 6.44. The maximum atomic E-state index is 9.46. The van der Waals surface area contributed by atoms with Crippen molar-refractivity contribution in [3.63, 3.8) is 0 Å². The van der Waals surface area contributed by atoms with Crippen LogP contribution in [0.4, 0.5) is 5.69 Å². The molecule has 1 aromatic rings. The van der Waals surface area contributed by atoms with Crippen molar-refractivity contribution < 1.29 is 5.11 Å². The third-order valence-corrected chi connectivity index (χ3v) is 4.44. The molecular weight excluding hydrogens is 238 g/mol. The van der Waals surface area contributed by atoms with E-state index in [2.05, 4.69) is 42.0 Å². The molecule has 2 rings (SSSR count). The Hall–Kier alpha value is -1.13. The molecule has 0 unspecified atom stereocenters. The largest absolute Gasteiger partial charge is 0.392 e. The Labute approximate surface area is 116 Å². The summed E-state index contributed by atoms with van der Waals surface area (Å²) in [6, 6.07) is 2.06. The van der Waals surface area contributed by atoms with Gasteiger partial charge in [0.25, 0.3) is 0 Å². The lowest BCUT2D eigenvalue weighted by Gasteiger charge is -2.49. The van der Waals surface area contributed by atoms with E-state index >= 15 is 0 Å². The number of nitrogens with zero attached hydrogens (tertiary/aromatic N) is 3. The molecule has 0 saturated heterocycles. The molecule has 0 bridgehead atoms. The van der Waals surface area contributed by atoms with E-state index in [1.165, 1.54) is 19.3 Å². The van der Waals surface area contributed by atoms with Crippen LogP contribution >= 0.6 is 0 Å². The lowest BCUT2D eigenvalue weighted by Crippen LogP contribution is -2.56. The molecular formula is C15H25N3O. The molecule has 4 heteroatoms. The van der Waals surface area contributed by atoms with Crippen LogP contribution in [0.5, 0.6) is 0 Å². The number of aliphatic hydroxyl groups excluding tert-OH is 1. The number of anilines is 1. The van der Waals surface area contributed by atoms with Gasteiger partial charge >= 0.3 is 0 Å². The van der Waals surface area contributed by atoms with Crippen molar-refractivity contribution in [2.75, 3.05) is 32.6 Å². The molecule has 1 saturated carbocycles.